The highest BCUT2D eigenvalue weighted by Crippen LogP contribution is 2.16. The summed E-state index contributed by atoms with van der Waals surface area (Å²) in [7, 11) is 0. The second kappa shape index (κ2) is 3.57. The minimum atomic E-state index is -0.465. The Bertz CT molecular complexity index is 149. The van der Waals surface area contributed by atoms with E-state index in [4.69, 9.17) is 11.5 Å². The standard InChI is InChI=1S/C7H15N3O/c8-5-3-1-2-4-6(5)10-7(9)11/h5-6H,1-4,8H2,(H3,9,10,11)/t5-,6-/m0/s1. The van der Waals surface area contributed by atoms with Crippen LogP contribution in [0.1, 0.15) is 25.7 Å². The summed E-state index contributed by atoms with van der Waals surface area (Å²) in [6, 6.07) is -0.273. The number of hydrogen-bond acceptors (Lipinski definition) is 2. The van der Waals surface area contributed by atoms with Gasteiger partial charge in [0, 0.05) is 12.1 Å². The number of rotatable bonds is 1. The van der Waals surface area contributed by atoms with Crippen molar-refractivity contribution in [3.05, 3.63) is 0 Å². The van der Waals surface area contributed by atoms with Crippen LogP contribution in [0.15, 0.2) is 0 Å². The van der Waals surface area contributed by atoms with Gasteiger partial charge in [0.2, 0.25) is 0 Å². The summed E-state index contributed by atoms with van der Waals surface area (Å²) in [6.45, 7) is 0. The van der Waals surface area contributed by atoms with E-state index < -0.39 is 6.03 Å². The van der Waals surface area contributed by atoms with Crippen LogP contribution in [0.25, 0.3) is 0 Å². The van der Waals surface area contributed by atoms with Gasteiger partial charge in [-0.25, -0.2) is 4.79 Å². The maximum atomic E-state index is 10.5. The zero-order valence-corrected chi connectivity index (χ0v) is 6.55. The molecule has 1 aliphatic carbocycles. The third-order valence-electron chi connectivity index (χ3n) is 2.15. The van der Waals surface area contributed by atoms with Gasteiger partial charge < -0.3 is 16.8 Å². The summed E-state index contributed by atoms with van der Waals surface area (Å²) in [5, 5.41) is 2.65. The lowest BCUT2D eigenvalue weighted by molar-refractivity contribution is 0.237. The molecule has 0 heterocycles. The molecule has 2 amide bonds. The van der Waals surface area contributed by atoms with Gasteiger partial charge in [0.1, 0.15) is 0 Å². The highest BCUT2D eigenvalue weighted by molar-refractivity contribution is 5.72. The molecule has 64 valence electrons. The van der Waals surface area contributed by atoms with Crippen LogP contribution in [-0.4, -0.2) is 18.1 Å². The molecule has 0 aromatic carbocycles. The smallest absolute Gasteiger partial charge is 0.312 e. The highest BCUT2D eigenvalue weighted by Gasteiger charge is 2.21. The molecule has 0 unspecified atom stereocenters. The molecule has 0 aliphatic heterocycles. The van der Waals surface area contributed by atoms with Gasteiger partial charge >= 0.3 is 6.03 Å². The minimum absolute atomic E-state index is 0.0937. The van der Waals surface area contributed by atoms with E-state index in [0.717, 1.165) is 25.7 Å². The van der Waals surface area contributed by atoms with Crippen molar-refractivity contribution in [1.29, 1.82) is 0 Å². The van der Waals surface area contributed by atoms with Gasteiger partial charge in [-0.2, -0.15) is 0 Å². The fourth-order valence-corrected chi connectivity index (χ4v) is 1.52. The predicted molar refractivity (Wildman–Crippen MR) is 43.0 cm³/mol. The highest BCUT2D eigenvalue weighted by atomic mass is 16.2. The quantitative estimate of drug-likeness (QED) is 0.497. The Morgan fingerprint density at radius 1 is 1.36 bits per heavy atom. The molecule has 4 heteroatoms. The minimum Gasteiger partial charge on any atom is -0.352 e. The molecule has 0 aromatic heterocycles. The summed E-state index contributed by atoms with van der Waals surface area (Å²) >= 11 is 0. The molecule has 11 heavy (non-hydrogen) atoms. The van der Waals surface area contributed by atoms with Crippen molar-refractivity contribution in [3.8, 4) is 0 Å². The van der Waals surface area contributed by atoms with Crippen LogP contribution in [0.4, 0.5) is 4.79 Å². The first kappa shape index (κ1) is 8.33. The van der Waals surface area contributed by atoms with Crippen molar-refractivity contribution in [2.24, 2.45) is 11.5 Å². The molecule has 0 saturated heterocycles. The van der Waals surface area contributed by atoms with E-state index >= 15 is 0 Å². The molecule has 0 spiro atoms. The first-order valence-electron chi connectivity index (χ1n) is 4.01. The van der Waals surface area contributed by atoms with Crippen LogP contribution in [-0.2, 0) is 0 Å². The molecule has 0 aromatic rings. The number of primary amides is 1. The first-order chi connectivity index (χ1) is 5.20. The van der Waals surface area contributed by atoms with Gasteiger partial charge in [-0.05, 0) is 12.8 Å². The lowest BCUT2D eigenvalue weighted by Crippen LogP contribution is -2.50. The number of carbonyl (C=O) groups is 1. The largest absolute Gasteiger partial charge is 0.352 e. The normalized spacial score (nSPS) is 31.4. The van der Waals surface area contributed by atoms with E-state index in [0.29, 0.717) is 0 Å². The maximum absolute atomic E-state index is 10.5. The molecule has 1 rings (SSSR count). The molecule has 0 bridgehead atoms. The van der Waals surface area contributed by atoms with Crippen LogP contribution in [0.2, 0.25) is 0 Å². The number of amides is 2. The Morgan fingerprint density at radius 2 is 2.00 bits per heavy atom. The van der Waals surface area contributed by atoms with Crippen LogP contribution in [0.3, 0.4) is 0 Å². The van der Waals surface area contributed by atoms with E-state index in [2.05, 4.69) is 5.32 Å². The Morgan fingerprint density at radius 3 is 2.55 bits per heavy atom. The number of nitrogens with two attached hydrogens (primary N) is 2. The topological polar surface area (TPSA) is 81.1 Å². The molecule has 2 atom stereocenters. The average molecular weight is 157 g/mol. The Balaban J connectivity index is 2.35. The van der Waals surface area contributed by atoms with Gasteiger partial charge in [0.25, 0.3) is 0 Å². The summed E-state index contributed by atoms with van der Waals surface area (Å²) in [4.78, 5) is 10.5. The fraction of sp³-hybridized carbons (Fsp3) is 0.857. The summed E-state index contributed by atoms with van der Waals surface area (Å²) in [5.41, 5.74) is 10.7. The number of hydrogen-bond donors (Lipinski definition) is 3. The van der Waals surface area contributed by atoms with E-state index in [9.17, 15) is 4.79 Å². The zero-order valence-electron chi connectivity index (χ0n) is 6.55. The summed E-state index contributed by atoms with van der Waals surface area (Å²) in [6.07, 6.45) is 4.26. The molecule has 5 N–H and O–H groups in total. The molecular formula is C7H15N3O. The summed E-state index contributed by atoms with van der Waals surface area (Å²) in [5.74, 6) is 0. The molecule has 1 aliphatic rings. The number of urea groups is 1. The summed E-state index contributed by atoms with van der Waals surface area (Å²) < 4.78 is 0. The van der Waals surface area contributed by atoms with Gasteiger partial charge in [-0.3, -0.25) is 0 Å². The monoisotopic (exact) mass is 157 g/mol. The van der Waals surface area contributed by atoms with Crippen molar-refractivity contribution in [2.45, 2.75) is 37.8 Å². The van der Waals surface area contributed by atoms with Gasteiger partial charge in [-0.1, -0.05) is 12.8 Å². The average Bonchev–Trinajstić information content (AvgIpc) is 1.93. The van der Waals surface area contributed by atoms with Crippen LogP contribution >= 0.6 is 0 Å². The number of nitrogens with one attached hydrogen (secondary N) is 1. The second-order valence-corrected chi connectivity index (χ2v) is 3.06. The van der Waals surface area contributed by atoms with Crippen LogP contribution in [0, 0.1) is 0 Å². The third kappa shape index (κ3) is 2.38. The van der Waals surface area contributed by atoms with Crippen molar-refractivity contribution >= 4 is 6.03 Å². The fourth-order valence-electron chi connectivity index (χ4n) is 1.52. The van der Waals surface area contributed by atoms with Gasteiger partial charge in [0.15, 0.2) is 0 Å². The van der Waals surface area contributed by atoms with Crippen LogP contribution in [0.5, 0.6) is 0 Å². The second-order valence-electron chi connectivity index (χ2n) is 3.06. The van der Waals surface area contributed by atoms with E-state index in [1.807, 2.05) is 0 Å². The number of carbonyl (C=O) groups excluding carboxylic acids is 1. The van der Waals surface area contributed by atoms with Gasteiger partial charge in [-0.15, -0.1) is 0 Å². The van der Waals surface area contributed by atoms with Crippen molar-refractivity contribution in [3.63, 3.8) is 0 Å². The molecule has 0 radical (unpaired) electrons. The Hall–Kier alpha value is -0.770. The zero-order chi connectivity index (χ0) is 8.27. The molecular weight excluding hydrogens is 142 g/mol. The SMILES string of the molecule is NC(=O)N[C@H]1CCCC[C@@H]1N. The molecule has 1 fully saturated rings. The Labute approximate surface area is 66.3 Å². The predicted octanol–water partition coefficient (Wildman–Crippen LogP) is -0.0754. The van der Waals surface area contributed by atoms with Gasteiger partial charge in [0.05, 0.1) is 0 Å². The van der Waals surface area contributed by atoms with Crippen molar-refractivity contribution in [1.82, 2.24) is 5.32 Å². The third-order valence-corrected chi connectivity index (χ3v) is 2.15. The Kier molecular flexibility index (Phi) is 2.70. The van der Waals surface area contributed by atoms with Crippen molar-refractivity contribution in [2.75, 3.05) is 0 Å². The first-order valence-corrected chi connectivity index (χ1v) is 4.01. The molecule has 4 nitrogen and oxygen atoms in total. The lowest BCUT2D eigenvalue weighted by Gasteiger charge is -2.28. The van der Waals surface area contributed by atoms with E-state index in [1.54, 1.807) is 0 Å². The maximum Gasteiger partial charge on any atom is 0.312 e. The lowest BCUT2D eigenvalue weighted by atomic mass is 9.91. The molecule has 1 saturated carbocycles. The van der Waals surface area contributed by atoms with E-state index in [1.165, 1.54) is 0 Å². The van der Waals surface area contributed by atoms with Crippen molar-refractivity contribution < 1.29 is 4.79 Å². The van der Waals surface area contributed by atoms with E-state index in [-0.39, 0.29) is 12.1 Å². The van der Waals surface area contributed by atoms with Crippen LogP contribution < -0.4 is 16.8 Å².